The van der Waals surface area contributed by atoms with E-state index >= 15 is 0 Å². The Morgan fingerprint density at radius 1 is 1.33 bits per heavy atom. The molecule has 2 nitrogen and oxygen atoms in total. The fourth-order valence-corrected chi connectivity index (χ4v) is 3.16. The highest BCUT2D eigenvalue weighted by molar-refractivity contribution is 9.11. The molecule has 0 aliphatic rings. The first kappa shape index (κ1) is 13.6. The maximum absolute atomic E-state index is 5.40. The summed E-state index contributed by atoms with van der Waals surface area (Å²) in [5.74, 6) is 1.38. The van der Waals surface area contributed by atoms with Gasteiger partial charge in [-0.05, 0) is 52.5 Å². The van der Waals surface area contributed by atoms with Crippen LogP contribution in [-0.2, 0) is 0 Å². The van der Waals surface area contributed by atoms with E-state index in [-0.39, 0.29) is 0 Å². The van der Waals surface area contributed by atoms with Crippen LogP contribution in [0.15, 0.2) is 22.0 Å². The summed E-state index contributed by atoms with van der Waals surface area (Å²) in [7, 11) is 1.71. The molecule has 0 N–H and O–H groups in total. The van der Waals surface area contributed by atoms with Gasteiger partial charge < -0.3 is 4.74 Å². The average Bonchev–Trinajstić information content (AvgIpc) is 2.68. The predicted octanol–water partition coefficient (Wildman–Crippen LogP) is 5.01. The lowest BCUT2D eigenvalue weighted by Gasteiger charge is -2.12. The Balaban J connectivity index is 2.49. The van der Waals surface area contributed by atoms with E-state index in [9.17, 15) is 0 Å². The van der Waals surface area contributed by atoms with Crippen LogP contribution in [0.1, 0.15) is 31.0 Å². The molecule has 0 aliphatic carbocycles. The molecule has 0 radical (unpaired) electrons. The molecule has 0 saturated carbocycles. The van der Waals surface area contributed by atoms with Gasteiger partial charge in [0.2, 0.25) is 0 Å². The number of halogens is 1. The molecule has 1 heterocycles. The van der Waals surface area contributed by atoms with Gasteiger partial charge in [-0.2, -0.15) is 0 Å². The van der Waals surface area contributed by atoms with Crippen molar-refractivity contribution in [2.45, 2.75) is 26.7 Å². The van der Waals surface area contributed by atoms with E-state index in [2.05, 4.69) is 46.9 Å². The van der Waals surface area contributed by atoms with Crippen molar-refractivity contribution in [1.82, 2.24) is 4.98 Å². The van der Waals surface area contributed by atoms with E-state index in [4.69, 9.17) is 4.74 Å². The molecular weight excluding hydrogens is 310 g/mol. The molecule has 0 bridgehead atoms. The number of benzene rings is 1. The van der Waals surface area contributed by atoms with Gasteiger partial charge in [-0.1, -0.05) is 13.8 Å². The molecule has 0 spiro atoms. The molecule has 2 aromatic rings. The molecular formula is C14H16BrNOS. The van der Waals surface area contributed by atoms with Crippen molar-refractivity contribution in [2.75, 3.05) is 7.11 Å². The van der Waals surface area contributed by atoms with Crippen LogP contribution >= 0.6 is 27.3 Å². The highest BCUT2D eigenvalue weighted by Gasteiger charge is 2.12. The van der Waals surface area contributed by atoms with Crippen molar-refractivity contribution in [2.24, 2.45) is 0 Å². The summed E-state index contributed by atoms with van der Waals surface area (Å²) < 4.78 is 6.50. The summed E-state index contributed by atoms with van der Waals surface area (Å²) in [6, 6.07) is 6.26. The Hall–Kier alpha value is -0.870. The van der Waals surface area contributed by atoms with E-state index in [1.165, 1.54) is 5.56 Å². The largest absolute Gasteiger partial charge is 0.496 e. The molecule has 0 fully saturated rings. The minimum Gasteiger partial charge on any atom is -0.496 e. The van der Waals surface area contributed by atoms with Gasteiger partial charge in [0.25, 0.3) is 0 Å². The first-order valence-electron chi connectivity index (χ1n) is 5.84. The number of nitrogens with zero attached hydrogens (tertiary/aromatic N) is 1. The molecule has 0 atom stereocenters. The number of methoxy groups -OCH3 is 1. The lowest BCUT2D eigenvalue weighted by molar-refractivity contribution is 0.407. The van der Waals surface area contributed by atoms with Crippen LogP contribution in [0.2, 0.25) is 0 Å². The van der Waals surface area contributed by atoms with Gasteiger partial charge in [-0.25, -0.2) is 4.98 Å². The van der Waals surface area contributed by atoms with Gasteiger partial charge in [0.1, 0.15) is 10.8 Å². The van der Waals surface area contributed by atoms with Gasteiger partial charge in [0.05, 0.1) is 16.6 Å². The maximum Gasteiger partial charge on any atom is 0.124 e. The summed E-state index contributed by atoms with van der Waals surface area (Å²) in [6.45, 7) is 6.35. The number of hydrogen-bond donors (Lipinski definition) is 0. The molecule has 0 amide bonds. The Bertz CT molecular complexity index is 543. The van der Waals surface area contributed by atoms with E-state index < -0.39 is 0 Å². The predicted molar refractivity (Wildman–Crippen MR) is 80.6 cm³/mol. The van der Waals surface area contributed by atoms with E-state index in [1.807, 2.05) is 13.0 Å². The molecule has 1 aromatic heterocycles. The van der Waals surface area contributed by atoms with Crippen LogP contribution in [-0.4, -0.2) is 12.1 Å². The number of aryl methyl sites for hydroxylation is 1. The number of rotatable bonds is 3. The first-order valence-corrected chi connectivity index (χ1v) is 7.45. The summed E-state index contributed by atoms with van der Waals surface area (Å²) in [4.78, 5) is 4.57. The molecule has 2 rings (SSSR count). The van der Waals surface area contributed by atoms with E-state index in [1.54, 1.807) is 18.4 Å². The van der Waals surface area contributed by atoms with Gasteiger partial charge in [-0.3, -0.25) is 0 Å². The van der Waals surface area contributed by atoms with Gasteiger partial charge in [0.15, 0.2) is 0 Å². The second-order valence-electron chi connectivity index (χ2n) is 4.49. The first-order chi connectivity index (χ1) is 8.52. The maximum atomic E-state index is 5.40. The Morgan fingerprint density at radius 2 is 2.06 bits per heavy atom. The quantitative estimate of drug-likeness (QED) is 0.791. The third-order valence-electron chi connectivity index (χ3n) is 2.84. The Kier molecular flexibility index (Phi) is 4.07. The van der Waals surface area contributed by atoms with Crippen LogP contribution in [0.25, 0.3) is 10.6 Å². The van der Waals surface area contributed by atoms with Crippen LogP contribution in [0.5, 0.6) is 5.75 Å². The highest BCUT2D eigenvalue weighted by atomic mass is 79.9. The van der Waals surface area contributed by atoms with Crippen molar-refractivity contribution in [1.29, 1.82) is 0 Å². The van der Waals surface area contributed by atoms with Crippen molar-refractivity contribution in [3.05, 3.63) is 33.2 Å². The van der Waals surface area contributed by atoms with Crippen molar-refractivity contribution >= 4 is 27.3 Å². The zero-order valence-corrected chi connectivity index (χ0v) is 13.4. The minimum absolute atomic E-state index is 0.435. The third kappa shape index (κ3) is 2.59. The van der Waals surface area contributed by atoms with Crippen molar-refractivity contribution in [3.8, 4) is 16.3 Å². The molecule has 0 aliphatic heterocycles. The summed E-state index contributed by atoms with van der Waals surface area (Å²) in [6.07, 6.45) is 0. The van der Waals surface area contributed by atoms with Gasteiger partial charge >= 0.3 is 0 Å². The second kappa shape index (κ2) is 5.41. The molecule has 96 valence electrons. The molecule has 0 unspecified atom stereocenters. The normalized spacial score (nSPS) is 11.0. The average molecular weight is 326 g/mol. The summed E-state index contributed by atoms with van der Waals surface area (Å²) >= 11 is 5.19. The zero-order valence-electron chi connectivity index (χ0n) is 11.0. The van der Waals surface area contributed by atoms with Crippen LogP contribution in [0.4, 0.5) is 0 Å². The fourth-order valence-electron chi connectivity index (χ4n) is 1.82. The summed E-state index contributed by atoms with van der Waals surface area (Å²) in [5.41, 5.74) is 3.41. The zero-order chi connectivity index (χ0) is 13.3. The number of aromatic nitrogens is 1. The number of ether oxygens (including phenoxy) is 1. The van der Waals surface area contributed by atoms with Crippen molar-refractivity contribution < 1.29 is 4.74 Å². The van der Waals surface area contributed by atoms with Gasteiger partial charge in [0, 0.05) is 5.56 Å². The molecule has 1 aromatic carbocycles. The lowest BCUT2D eigenvalue weighted by Crippen LogP contribution is -1.94. The van der Waals surface area contributed by atoms with Gasteiger partial charge in [-0.15, -0.1) is 11.3 Å². The van der Waals surface area contributed by atoms with Crippen molar-refractivity contribution in [3.63, 3.8) is 0 Å². The fraction of sp³-hybridized carbons (Fsp3) is 0.357. The van der Waals surface area contributed by atoms with Crippen LogP contribution < -0.4 is 4.74 Å². The Morgan fingerprint density at radius 3 is 2.56 bits per heavy atom. The molecule has 18 heavy (non-hydrogen) atoms. The SMILES string of the molecule is COc1ccc(-c2nc(C)c(Br)s2)cc1C(C)C. The lowest BCUT2D eigenvalue weighted by atomic mass is 10.00. The molecule has 4 heteroatoms. The summed E-state index contributed by atoms with van der Waals surface area (Å²) in [5, 5.41) is 1.05. The number of hydrogen-bond acceptors (Lipinski definition) is 3. The van der Waals surface area contributed by atoms with Crippen LogP contribution in [0.3, 0.4) is 0 Å². The van der Waals surface area contributed by atoms with E-state index in [0.717, 1.165) is 25.8 Å². The minimum atomic E-state index is 0.435. The third-order valence-corrected chi connectivity index (χ3v) is 4.89. The topological polar surface area (TPSA) is 22.1 Å². The number of thiazole rings is 1. The Labute approximate surface area is 120 Å². The van der Waals surface area contributed by atoms with E-state index in [0.29, 0.717) is 5.92 Å². The second-order valence-corrected chi connectivity index (χ2v) is 6.81. The smallest absolute Gasteiger partial charge is 0.124 e. The highest BCUT2D eigenvalue weighted by Crippen LogP contribution is 2.35. The van der Waals surface area contributed by atoms with Crippen LogP contribution in [0, 0.1) is 6.92 Å². The molecule has 0 saturated heterocycles. The monoisotopic (exact) mass is 325 g/mol. The standard InChI is InChI=1S/C14H16BrNOS/c1-8(2)11-7-10(5-6-12(11)17-4)14-16-9(3)13(15)18-14/h5-8H,1-4H3.